The van der Waals surface area contributed by atoms with E-state index >= 15 is 0 Å². The van der Waals surface area contributed by atoms with E-state index in [1.165, 1.54) is 0 Å². The summed E-state index contributed by atoms with van der Waals surface area (Å²) < 4.78 is 16.3. The number of hydrogen-bond acceptors (Lipinski definition) is 5. The topological polar surface area (TPSA) is 43.0 Å². The lowest BCUT2D eigenvalue weighted by molar-refractivity contribution is 0.225. The van der Waals surface area contributed by atoms with Crippen LogP contribution in [-0.4, -0.2) is 52.4 Å². The Morgan fingerprint density at radius 1 is 1.00 bits per heavy atom. The molecule has 1 aliphatic rings. The fraction of sp³-hybridized carbons (Fsp3) is 0.571. The lowest BCUT2D eigenvalue weighted by atomic mass is 10.1. The molecular formula is C14H22N2O3. The zero-order valence-electron chi connectivity index (χ0n) is 11.9. The van der Waals surface area contributed by atoms with Crippen molar-refractivity contribution >= 4 is 0 Å². The van der Waals surface area contributed by atoms with Crippen LogP contribution in [0.5, 0.6) is 17.2 Å². The van der Waals surface area contributed by atoms with Gasteiger partial charge in [-0.25, -0.2) is 0 Å². The first-order chi connectivity index (χ1) is 9.30. The van der Waals surface area contributed by atoms with Gasteiger partial charge < -0.3 is 19.5 Å². The molecule has 0 radical (unpaired) electrons. The minimum atomic E-state index is 0.744. The maximum Gasteiger partial charge on any atom is 0.168 e. The summed E-state index contributed by atoms with van der Waals surface area (Å²) >= 11 is 0. The molecule has 19 heavy (non-hydrogen) atoms. The molecule has 2 rings (SSSR count). The Balaban J connectivity index is 2.28. The Morgan fingerprint density at radius 2 is 1.63 bits per heavy atom. The second kappa shape index (κ2) is 6.63. The molecule has 0 atom stereocenters. The van der Waals surface area contributed by atoms with Crippen molar-refractivity contribution in [3.05, 3.63) is 17.7 Å². The normalized spacial score (nSPS) is 16.2. The monoisotopic (exact) mass is 266 g/mol. The first-order valence-corrected chi connectivity index (χ1v) is 6.51. The predicted octanol–water partition coefficient (Wildman–Crippen LogP) is 1.12. The number of methoxy groups -OCH3 is 3. The van der Waals surface area contributed by atoms with Gasteiger partial charge in [-0.05, 0) is 12.1 Å². The van der Waals surface area contributed by atoms with Crippen LogP contribution in [0.25, 0.3) is 0 Å². The third-order valence-electron chi connectivity index (χ3n) is 3.42. The number of nitrogens with zero attached hydrogens (tertiary/aromatic N) is 1. The summed E-state index contributed by atoms with van der Waals surface area (Å²) in [6.45, 7) is 4.92. The van der Waals surface area contributed by atoms with E-state index in [1.807, 2.05) is 12.1 Å². The van der Waals surface area contributed by atoms with Crippen LogP contribution in [-0.2, 0) is 6.54 Å². The van der Waals surface area contributed by atoms with Crippen LogP contribution in [0.4, 0.5) is 0 Å². The van der Waals surface area contributed by atoms with Gasteiger partial charge in [0.25, 0.3) is 0 Å². The fourth-order valence-corrected chi connectivity index (χ4v) is 2.41. The quantitative estimate of drug-likeness (QED) is 0.865. The number of benzene rings is 1. The number of hydrogen-bond donors (Lipinski definition) is 1. The van der Waals surface area contributed by atoms with Gasteiger partial charge in [0.1, 0.15) is 5.75 Å². The van der Waals surface area contributed by atoms with E-state index in [2.05, 4.69) is 10.2 Å². The van der Waals surface area contributed by atoms with Crippen molar-refractivity contribution in [3.8, 4) is 17.2 Å². The van der Waals surface area contributed by atoms with Gasteiger partial charge in [0.2, 0.25) is 0 Å². The van der Waals surface area contributed by atoms with Crippen molar-refractivity contribution < 1.29 is 14.2 Å². The molecular weight excluding hydrogens is 244 g/mol. The smallest absolute Gasteiger partial charge is 0.168 e. The molecule has 1 N–H and O–H groups in total. The van der Waals surface area contributed by atoms with Gasteiger partial charge in [-0.15, -0.1) is 0 Å². The molecule has 1 aromatic carbocycles. The minimum Gasteiger partial charge on any atom is -0.496 e. The molecule has 0 amide bonds. The molecule has 1 aliphatic heterocycles. The zero-order chi connectivity index (χ0) is 13.7. The molecule has 0 unspecified atom stereocenters. The maximum absolute atomic E-state index is 5.50. The van der Waals surface area contributed by atoms with E-state index < -0.39 is 0 Å². The first kappa shape index (κ1) is 14.0. The number of rotatable bonds is 5. The van der Waals surface area contributed by atoms with E-state index in [4.69, 9.17) is 14.2 Å². The number of nitrogens with one attached hydrogen (secondary N) is 1. The van der Waals surface area contributed by atoms with Crippen molar-refractivity contribution in [3.63, 3.8) is 0 Å². The third-order valence-corrected chi connectivity index (χ3v) is 3.42. The molecule has 1 fully saturated rings. The highest BCUT2D eigenvalue weighted by Crippen LogP contribution is 2.38. The van der Waals surface area contributed by atoms with Gasteiger partial charge in [-0.1, -0.05) is 0 Å². The van der Waals surface area contributed by atoms with Crippen LogP contribution in [0, 0.1) is 0 Å². The van der Waals surface area contributed by atoms with Crippen molar-refractivity contribution in [1.82, 2.24) is 10.2 Å². The molecule has 0 saturated carbocycles. The summed E-state index contributed by atoms with van der Waals surface area (Å²) in [5, 5.41) is 3.35. The molecule has 1 aromatic rings. The van der Waals surface area contributed by atoms with Gasteiger partial charge in [-0.3, -0.25) is 4.90 Å². The van der Waals surface area contributed by atoms with E-state index in [-0.39, 0.29) is 0 Å². The van der Waals surface area contributed by atoms with Crippen LogP contribution >= 0.6 is 0 Å². The van der Waals surface area contributed by atoms with Gasteiger partial charge in [0.15, 0.2) is 11.5 Å². The van der Waals surface area contributed by atoms with Crippen LogP contribution < -0.4 is 19.5 Å². The standard InChI is InChI=1S/C14H22N2O3/c1-17-12-4-5-13(18-2)14(19-3)11(12)10-16-8-6-15-7-9-16/h4-5,15H,6-10H2,1-3H3. The maximum atomic E-state index is 5.50. The molecule has 0 aliphatic carbocycles. The van der Waals surface area contributed by atoms with Gasteiger partial charge >= 0.3 is 0 Å². The van der Waals surface area contributed by atoms with Crippen molar-refractivity contribution in [2.45, 2.75) is 6.54 Å². The zero-order valence-corrected chi connectivity index (χ0v) is 11.9. The molecule has 0 aromatic heterocycles. The third kappa shape index (κ3) is 3.11. The molecule has 1 heterocycles. The summed E-state index contributed by atoms with van der Waals surface area (Å²) in [4.78, 5) is 2.39. The molecule has 0 spiro atoms. The molecule has 1 saturated heterocycles. The Morgan fingerprint density at radius 3 is 2.21 bits per heavy atom. The largest absolute Gasteiger partial charge is 0.496 e. The lowest BCUT2D eigenvalue weighted by Crippen LogP contribution is -2.43. The van der Waals surface area contributed by atoms with Crippen LogP contribution in [0.15, 0.2) is 12.1 Å². The highest BCUT2D eigenvalue weighted by Gasteiger charge is 2.19. The Hall–Kier alpha value is -1.46. The lowest BCUT2D eigenvalue weighted by Gasteiger charge is -2.28. The first-order valence-electron chi connectivity index (χ1n) is 6.51. The van der Waals surface area contributed by atoms with Crippen LogP contribution in [0.1, 0.15) is 5.56 Å². The Labute approximate surface area is 114 Å². The Kier molecular flexibility index (Phi) is 4.87. The summed E-state index contributed by atoms with van der Waals surface area (Å²) in [6, 6.07) is 3.80. The molecule has 5 heteroatoms. The number of ether oxygens (including phenoxy) is 3. The predicted molar refractivity (Wildman–Crippen MR) is 74.2 cm³/mol. The fourth-order valence-electron chi connectivity index (χ4n) is 2.41. The van der Waals surface area contributed by atoms with Gasteiger partial charge in [0.05, 0.1) is 26.9 Å². The SMILES string of the molecule is COc1ccc(OC)c(OC)c1CN1CCNCC1. The second-order valence-electron chi connectivity index (χ2n) is 4.51. The summed E-state index contributed by atoms with van der Waals surface area (Å²) in [5.41, 5.74) is 1.05. The number of piperazine rings is 1. The van der Waals surface area contributed by atoms with Crippen molar-refractivity contribution in [2.75, 3.05) is 47.5 Å². The summed E-state index contributed by atoms with van der Waals surface area (Å²) in [5.74, 6) is 2.35. The molecule has 0 bridgehead atoms. The van der Waals surface area contributed by atoms with E-state index in [9.17, 15) is 0 Å². The second-order valence-corrected chi connectivity index (χ2v) is 4.51. The van der Waals surface area contributed by atoms with E-state index in [0.717, 1.165) is 55.5 Å². The summed E-state index contributed by atoms with van der Waals surface area (Å²) in [6.07, 6.45) is 0. The summed E-state index contributed by atoms with van der Waals surface area (Å²) in [7, 11) is 5.00. The minimum absolute atomic E-state index is 0.744. The Bertz CT molecular complexity index is 417. The van der Waals surface area contributed by atoms with Gasteiger partial charge in [0, 0.05) is 32.7 Å². The highest BCUT2D eigenvalue weighted by atomic mass is 16.5. The van der Waals surface area contributed by atoms with Crippen molar-refractivity contribution in [1.29, 1.82) is 0 Å². The molecule has 5 nitrogen and oxygen atoms in total. The molecule has 106 valence electrons. The van der Waals surface area contributed by atoms with E-state index in [1.54, 1.807) is 21.3 Å². The van der Waals surface area contributed by atoms with Crippen LogP contribution in [0.3, 0.4) is 0 Å². The van der Waals surface area contributed by atoms with Gasteiger partial charge in [-0.2, -0.15) is 0 Å². The van der Waals surface area contributed by atoms with Crippen molar-refractivity contribution in [2.24, 2.45) is 0 Å². The highest BCUT2D eigenvalue weighted by molar-refractivity contribution is 5.53. The average Bonchev–Trinajstić information content (AvgIpc) is 2.47. The van der Waals surface area contributed by atoms with E-state index in [0.29, 0.717) is 0 Å². The van der Waals surface area contributed by atoms with Crippen LogP contribution in [0.2, 0.25) is 0 Å². The average molecular weight is 266 g/mol.